The molecule has 5 heteroatoms. The number of carbonyl (C=O) groups is 2. The standard InChI is InChI=1S/C17H20Br2O3/c1-16(2)13(22-15(21)17(3,4)14(16)20)12(19)11(18)10-8-6-5-7-9-10/h5-9,11-13H,1-4H3/t11-,12-,13+/m1/s1. The van der Waals surface area contributed by atoms with E-state index in [2.05, 4.69) is 31.9 Å². The van der Waals surface area contributed by atoms with Crippen LogP contribution in [0.25, 0.3) is 0 Å². The first-order valence-electron chi connectivity index (χ1n) is 7.19. The van der Waals surface area contributed by atoms with Crippen molar-refractivity contribution in [2.24, 2.45) is 10.8 Å². The monoisotopic (exact) mass is 430 g/mol. The van der Waals surface area contributed by atoms with Crippen LogP contribution in [0.2, 0.25) is 0 Å². The van der Waals surface area contributed by atoms with Crippen LogP contribution >= 0.6 is 31.9 Å². The van der Waals surface area contributed by atoms with Gasteiger partial charge in [-0.15, -0.1) is 0 Å². The van der Waals surface area contributed by atoms with Crippen LogP contribution in [0.5, 0.6) is 0 Å². The molecule has 2 rings (SSSR count). The number of Topliss-reactive ketones (excluding diaryl/α,β-unsaturated/α-hetero) is 1. The summed E-state index contributed by atoms with van der Waals surface area (Å²) in [6.07, 6.45) is -0.537. The number of carbonyl (C=O) groups excluding carboxylic acids is 2. The molecule has 1 saturated heterocycles. The Morgan fingerprint density at radius 2 is 1.59 bits per heavy atom. The van der Waals surface area contributed by atoms with Gasteiger partial charge in [0.1, 0.15) is 11.5 Å². The third-order valence-electron chi connectivity index (χ3n) is 4.30. The van der Waals surface area contributed by atoms with Gasteiger partial charge in [0.2, 0.25) is 0 Å². The fourth-order valence-electron chi connectivity index (χ4n) is 2.87. The minimum Gasteiger partial charge on any atom is -0.459 e. The second kappa shape index (κ2) is 6.08. The van der Waals surface area contributed by atoms with Crippen molar-refractivity contribution in [2.45, 2.75) is 43.5 Å². The Morgan fingerprint density at radius 1 is 1.05 bits per heavy atom. The van der Waals surface area contributed by atoms with Gasteiger partial charge in [-0.25, -0.2) is 0 Å². The van der Waals surface area contributed by atoms with Crippen LogP contribution in [0.3, 0.4) is 0 Å². The summed E-state index contributed by atoms with van der Waals surface area (Å²) in [5.74, 6) is -0.544. The molecule has 0 spiro atoms. The maximum atomic E-state index is 12.7. The maximum absolute atomic E-state index is 12.7. The molecule has 1 aliphatic rings. The topological polar surface area (TPSA) is 43.4 Å². The molecule has 0 amide bonds. The Bertz CT molecular complexity index is 581. The fourth-order valence-corrected chi connectivity index (χ4v) is 4.53. The van der Waals surface area contributed by atoms with E-state index in [1.165, 1.54) is 0 Å². The van der Waals surface area contributed by atoms with E-state index >= 15 is 0 Å². The maximum Gasteiger partial charge on any atom is 0.319 e. The number of cyclic esters (lactones) is 1. The van der Waals surface area contributed by atoms with Crippen molar-refractivity contribution in [1.82, 2.24) is 0 Å². The lowest BCUT2D eigenvalue weighted by Gasteiger charge is -2.45. The summed E-state index contributed by atoms with van der Waals surface area (Å²) in [6.45, 7) is 6.93. The van der Waals surface area contributed by atoms with Crippen molar-refractivity contribution in [1.29, 1.82) is 0 Å². The lowest BCUT2D eigenvalue weighted by molar-refractivity contribution is -0.185. The van der Waals surface area contributed by atoms with Gasteiger partial charge in [-0.05, 0) is 33.3 Å². The predicted molar refractivity (Wildman–Crippen MR) is 93.3 cm³/mol. The second-order valence-electron chi connectivity index (χ2n) is 6.76. The van der Waals surface area contributed by atoms with Crippen molar-refractivity contribution in [2.75, 3.05) is 0 Å². The summed E-state index contributed by atoms with van der Waals surface area (Å²) < 4.78 is 5.66. The van der Waals surface area contributed by atoms with Crippen LogP contribution in [0, 0.1) is 10.8 Å². The SMILES string of the molecule is CC1(C)C(=O)O[C@@H]([C@H](Br)[C@H](Br)c2ccccc2)C(C)(C)C1=O. The van der Waals surface area contributed by atoms with Crippen molar-refractivity contribution in [3.05, 3.63) is 35.9 Å². The molecular weight excluding hydrogens is 412 g/mol. The summed E-state index contributed by atoms with van der Waals surface area (Å²) in [7, 11) is 0. The van der Waals surface area contributed by atoms with Crippen LogP contribution < -0.4 is 0 Å². The minimum absolute atomic E-state index is 0.0696. The Hall–Kier alpha value is -0.680. The van der Waals surface area contributed by atoms with Gasteiger partial charge < -0.3 is 4.74 Å². The highest BCUT2D eigenvalue weighted by molar-refractivity contribution is 9.12. The summed E-state index contributed by atoms with van der Waals surface area (Å²) in [4.78, 5) is 24.6. The Morgan fingerprint density at radius 3 is 2.14 bits per heavy atom. The molecule has 0 aliphatic carbocycles. The quantitative estimate of drug-likeness (QED) is 0.403. The molecule has 1 fully saturated rings. The first-order valence-corrected chi connectivity index (χ1v) is 9.02. The third-order valence-corrected chi connectivity index (χ3v) is 7.11. The number of esters is 1. The van der Waals surface area contributed by atoms with E-state index in [9.17, 15) is 9.59 Å². The molecule has 0 bridgehead atoms. The highest BCUT2D eigenvalue weighted by Gasteiger charge is 2.57. The van der Waals surface area contributed by atoms with E-state index in [4.69, 9.17) is 4.74 Å². The van der Waals surface area contributed by atoms with Gasteiger partial charge in [-0.1, -0.05) is 62.2 Å². The number of benzene rings is 1. The van der Waals surface area contributed by atoms with Gasteiger partial charge in [-0.2, -0.15) is 0 Å². The molecule has 0 aromatic heterocycles. The largest absolute Gasteiger partial charge is 0.459 e. The number of rotatable bonds is 3. The first-order chi connectivity index (χ1) is 10.1. The lowest BCUT2D eigenvalue weighted by Crippen LogP contribution is -2.58. The van der Waals surface area contributed by atoms with Crippen LogP contribution in [0.15, 0.2) is 30.3 Å². The molecule has 1 aromatic rings. The van der Waals surface area contributed by atoms with Gasteiger partial charge in [0, 0.05) is 0 Å². The van der Waals surface area contributed by atoms with Gasteiger partial charge >= 0.3 is 5.97 Å². The molecule has 120 valence electrons. The molecule has 0 radical (unpaired) electrons. The van der Waals surface area contributed by atoms with E-state index in [0.717, 1.165) is 5.56 Å². The van der Waals surface area contributed by atoms with Crippen LogP contribution in [-0.2, 0) is 14.3 Å². The lowest BCUT2D eigenvalue weighted by atomic mass is 9.67. The molecule has 0 unspecified atom stereocenters. The highest BCUT2D eigenvalue weighted by atomic mass is 79.9. The number of alkyl halides is 2. The number of hydrogen-bond acceptors (Lipinski definition) is 3. The number of halogens is 2. The summed E-state index contributed by atoms with van der Waals surface area (Å²) in [6, 6.07) is 9.85. The predicted octanol–water partition coefficient (Wildman–Crippen LogP) is 4.43. The van der Waals surface area contributed by atoms with Crippen LogP contribution in [0.4, 0.5) is 0 Å². The smallest absolute Gasteiger partial charge is 0.319 e. The average molecular weight is 432 g/mol. The molecule has 1 aromatic carbocycles. The molecule has 1 aliphatic heterocycles. The number of hydrogen-bond donors (Lipinski definition) is 0. The van der Waals surface area contributed by atoms with Gasteiger partial charge in [0.05, 0.1) is 15.1 Å². The molecule has 3 atom stereocenters. The van der Waals surface area contributed by atoms with Crippen LogP contribution in [-0.4, -0.2) is 22.7 Å². The normalized spacial score (nSPS) is 26.2. The zero-order chi connectivity index (χ0) is 16.7. The van der Waals surface area contributed by atoms with E-state index in [0.29, 0.717) is 0 Å². The molecule has 1 heterocycles. The molecule has 3 nitrogen and oxygen atoms in total. The molecular formula is C17H20Br2O3. The third kappa shape index (κ3) is 2.90. The van der Waals surface area contributed by atoms with Gasteiger partial charge in [-0.3, -0.25) is 9.59 Å². The number of ether oxygens (including phenoxy) is 1. The zero-order valence-electron chi connectivity index (χ0n) is 13.1. The summed E-state index contributed by atoms with van der Waals surface area (Å²) in [5.41, 5.74) is -0.790. The Kier molecular flexibility index (Phi) is 4.88. The highest BCUT2D eigenvalue weighted by Crippen LogP contribution is 2.46. The molecule has 0 saturated carbocycles. The van der Waals surface area contributed by atoms with Gasteiger partial charge in [0.15, 0.2) is 5.78 Å². The molecule has 22 heavy (non-hydrogen) atoms. The van der Waals surface area contributed by atoms with E-state index < -0.39 is 22.9 Å². The van der Waals surface area contributed by atoms with Crippen molar-refractivity contribution < 1.29 is 14.3 Å². The van der Waals surface area contributed by atoms with Crippen molar-refractivity contribution in [3.63, 3.8) is 0 Å². The second-order valence-corrected chi connectivity index (χ2v) is 8.80. The summed E-state index contributed by atoms with van der Waals surface area (Å²) >= 11 is 7.29. The van der Waals surface area contributed by atoms with E-state index in [1.807, 2.05) is 44.2 Å². The first kappa shape index (κ1) is 17.7. The molecule has 0 N–H and O–H groups in total. The Labute approximate surface area is 148 Å². The summed E-state index contributed by atoms with van der Waals surface area (Å²) in [5, 5.41) is 0. The average Bonchev–Trinajstić information content (AvgIpc) is 2.49. The van der Waals surface area contributed by atoms with E-state index in [1.54, 1.807) is 13.8 Å². The van der Waals surface area contributed by atoms with E-state index in [-0.39, 0.29) is 15.4 Å². The van der Waals surface area contributed by atoms with Crippen LogP contribution in [0.1, 0.15) is 38.1 Å². The van der Waals surface area contributed by atoms with Crippen molar-refractivity contribution in [3.8, 4) is 0 Å². The zero-order valence-corrected chi connectivity index (χ0v) is 16.3. The number of ketones is 1. The fraction of sp³-hybridized carbons (Fsp3) is 0.529. The minimum atomic E-state index is -1.10. The van der Waals surface area contributed by atoms with Gasteiger partial charge in [0.25, 0.3) is 0 Å². The van der Waals surface area contributed by atoms with Crippen molar-refractivity contribution >= 4 is 43.6 Å². The Balaban J connectivity index is 2.31.